The molecule has 0 spiro atoms. The molecule has 0 fully saturated rings. The van der Waals surface area contributed by atoms with E-state index in [2.05, 4.69) is 31.1 Å². The van der Waals surface area contributed by atoms with Crippen molar-refractivity contribution in [1.29, 1.82) is 0 Å². The van der Waals surface area contributed by atoms with Gasteiger partial charge in [-0.3, -0.25) is 9.20 Å². The van der Waals surface area contributed by atoms with Crippen LogP contribution in [0.25, 0.3) is 5.65 Å². The smallest absolute Gasteiger partial charge is 0.239 e. The van der Waals surface area contributed by atoms with Gasteiger partial charge in [-0.2, -0.15) is 0 Å². The van der Waals surface area contributed by atoms with Crippen molar-refractivity contribution in [2.75, 3.05) is 13.1 Å². The van der Waals surface area contributed by atoms with E-state index in [1.54, 1.807) is 12.3 Å². The zero-order valence-corrected chi connectivity index (χ0v) is 17.2. The Hall–Kier alpha value is -2.63. The lowest BCUT2D eigenvalue weighted by molar-refractivity contribution is -0.120. The van der Waals surface area contributed by atoms with Crippen LogP contribution in [0.4, 0.5) is 0 Å². The first-order valence-corrected chi connectivity index (χ1v) is 8.36. The Morgan fingerprint density at radius 2 is 2.07 bits per heavy atom. The summed E-state index contributed by atoms with van der Waals surface area (Å²) >= 11 is 0. The minimum absolute atomic E-state index is 0. The van der Waals surface area contributed by atoms with Crippen molar-refractivity contribution in [3.05, 3.63) is 54.4 Å². The van der Waals surface area contributed by atoms with Crippen LogP contribution in [-0.4, -0.2) is 39.6 Å². The summed E-state index contributed by atoms with van der Waals surface area (Å²) in [5.74, 6) is 1.81. The number of fused-ring (bicyclic) bond motifs is 1. The average molecular weight is 483 g/mol. The van der Waals surface area contributed by atoms with Crippen LogP contribution in [0.3, 0.4) is 0 Å². The molecule has 0 bridgehead atoms. The van der Waals surface area contributed by atoms with Crippen LogP contribution >= 0.6 is 24.0 Å². The van der Waals surface area contributed by atoms with Gasteiger partial charge in [0.05, 0.1) is 19.4 Å². The average Bonchev–Trinajstić information content (AvgIpc) is 3.32. The molecular weight excluding hydrogens is 461 g/mol. The molecule has 0 atom stereocenters. The standard InChI is InChI=1S/C17H21N7O2.HI/c1-2-18-17(21-12-16(25)19-10-13-6-5-9-26-13)20-11-15-23-22-14-7-3-4-8-24(14)15;/h3-9H,2,10-12H2,1H3,(H,19,25)(H2,18,20,21);1H. The summed E-state index contributed by atoms with van der Waals surface area (Å²) < 4.78 is 7.05. The number of hydrogen-bond donors (Lipinski definition) is 3. The highest BCUT2D eigenvalue weighted by Crippen LogP contribution is 2.03. The highest BCUT2D eigenvalue weighted by atomic mass is 127. The molecule has 0 aliphatic rings. The molecule has 0 unspecified atom stereocenters. The number of aliphatic imine (C=N–C) groups is 1. The van der Waals surface area contributed by atoms with E-state index in [0.717, 1.165) is 11.5 Å². The molecule has 10 heteroatoms. The number of halogens is 1. The van der Waals surface area contributed by atoms with Crippen LogP contribution in [0.2, 0.25) is 0 Å². The van der Waals surface area contributed by atoms with Crippen LogP contribution in [0.1, 0.15) is 18.5 Å². The van der Waals surface area contributed by atoms with Gasteiger partial charge in [0.15, 0.2) is 17.4 Å². The van der Waals surface area contributed by atoms with Crippen molar-refractivity contribution in [2.45, 2.75) is 20.0 Å². The molecule has 0 aromatic carbocycles. The largest absolute Gasteiger partial charge is 0.467 e. The number of pyridine rings is 1. The van der Waals surface area contributed by atoms with E-state index in [1.165, 1.54) is 0 Å². The molecule has 0 radical (unpaired) electrons. The first-order valence-electron chi connectivity index (χ1n) is 8.36. The monoisotopic (exact) mass is 483 g/mol. The van der Waals surface area contributed by atoms with Crippen LogP contribution in [-0.2, 0) is 17.9 Å². The molecule has 144 valence electrons. The Labute approximate surface area is 173 Å². The maximum atomic E-state index is 11.9. The number of amides is 1. The molecule has 27 heavy (non-hydrogen) atoms. The van der Waals surface area contributed by atoms with Crippen molar-refractivity contribution in [3.8, 4) is 0 Å². The molecule has 3 aromatic rings. The third-order valence-corrected chi connectivity index (χ3v) is 3.56. The molecular formula is C17H22IN7O2. The lowest BCUT2D eigenvalue weighted by Crippen LogP contribution is -2.43. The number of carbonyl (C=O) groups is 1. The molecule has 3 rings (SSSR count). The zero-order valence-electron chi connectivity index (χ0n) is 14.9. The second-order valence-corrected chi connectivity index (χ2v) is 5.45. The fourth-order valence-corrected chi connectivity index (χ4v) is 2.32. The third-order valence-electron chi connectivity index (χ3n) is 3.56. The van der Waals surface area contributed by atoms with Crippen molar-refractivity contribution >= 4 is 41.5 Å². The molecule has 0 saturated carbocycles. The zero-order chi connectivity index (χ0) is 18.2. The van der Waals surface area contributed by atoms with Gasteiger partial charge in [-0.25, -0.2) is 4.99 Å². The number of guanidine groups is 1. The van der Waals surface area contributed by atoms with Crippen LogP contribution < -0.4 is 16.0 Å². The van der Waals surface area contributed by atoms with Crippen molar-refractivity contribution < 1.29 is 9.21 Å². The topological polar surface area (TPSA) is 109 Å². The first-order chi connectivity index (χ1) is 12.8. The normalized spacial score (nSPS) is 11.1. The Morgan fingerprint density at radius 3 is 2.85 bits per heavy atom. The minimum atomic E-state index is -0.153. The highest BCUT2D eigenvalue weighted by molar-refractivity contribution is 14.0. The second-order valence-electron chi connectivity index (χ2n) is 5.45. The maximum absolute atomic E-state index is 11.9. The minimum Gasteiger partial charge on any atom is -0.467 e. The number of aromatic nitrogens is 3. The van der Waals surface area contributed by atoms with Gasteiger partial charge in [0.2, 0.25) is 5.91 Å². The number of nitrogens with one attached hydrogen (secondary N) is 3. The van der Waals surface area contributed by atoms with Gasteiger partial charge in [-0.15, -0.1) is 34.2 Å². The molecule has 3 N–H and O–H groups in total. The Kier molecular flexibility index (Phi) is 8.04. The summed E-state index contributed by atoms with van der Waals surface area (Å²) in [4.78, 5) is 16.4. The predicted octanol–water partition coefficient (Wildman–Crippen LogP) is 1.31. The summed E-state index contributed by atoms with van der Waals surface area (Å²) in [5.41, 5.74) is 0.771. The van der Waals surface area contributed by atoms with Crippen molar-refractivity contribution in [1.82, 2.24) is 30.5 Å². The van der Waals surface area contributed by atoms with Gasteiger partial charge in [-0.1, -0.05) is 6.07 Å². The summed E-state index contributed by atoms with van der Waals surface area (Å²) in [7, 11) is 0. The van der Waals surface area contributed by atoms with Crippen LogP contribution in [0.5, 0.6) is 0 Å². The first kappa shape index (κ1) is 20.7. The molecule has 9 nitrogen and oxygen atoms in total. The summed E-state index contributed by atoms with van der Waals surface area (Å²) in [6.07, 6.45) is 3.46. The van der Waals surface area contributed by atoms with Crippen molar-refractivity contribution in [3.63, 3.8) is 0 Å². The summed E-state index contributed by atoms with van der Waals surface area (Å²) in [6.45, 7) is 3.44. The number of furan rings is 1. The van der Waals surface area contributed by atoms with E-state index < -0.39 is 0 Å². The van der Waals surface area contributed by atoms with E-state index in [-0.39, 0.29) is 36.4 Å². The quantitative estimate of drug-likeness (QED) is 0.266. The van der Waals surface area contributed by atoms with E-state index >= 15 is 0 Å². The lowest BCUT2D eigenvalue weighted by atomic mass is 10.4. The van der Waals surface area contributed by atoms with Gasteiger partial charge in [0.25, 0.3) is 0 Å². The van der Waals surface area contributed by atoms with E-state index in [9.17, 15) is 4.79 Å². The number of carbonyl (C=O) groups excluding carboxylic acids is 1. The van der Waals surface area contributed by atoms with Gasteiger partial charge >= 0.3 is 0 Å². The van der Waals surface area contributed by atoms with Crippen molar-refractivity contribution in [2.24, 2.45) is 4.99 Å². The van der Waals surface area contributed by atoms with Gasteiger partial charge in [0, 0.05) is 12.7 Å². The van der Waals surface area contributed by atoms with E-state index in [4.69, 9.17) is 4.42 Å². The molecule has 3 aromatic heterocycles. The van der Waals surface area contributed by atoms with E-state index in [1.807, 2.05) is 41.8 Å². The maximum Gasteiger partial charge on any atom is 0.239 e. The number of hydrogen-bond acceptors (Lipinski definition) is 5. The number of nitrogens with zero attached hydrogens (tertiary/aromatic N) is 4. The fourth-order valence-electron chi connectivity index (χ4n) is 2.32. The van der Waals surface area contributed by atoms with Crippen LogP contribution in [0.15, 0.2) is 52.2 Å². The highest BCUT2D eigenvalue weighted by Gasteiger charge is 2.07. The van der Waals surface area contributed by atoms with E-state index in [0.29, 0.717) is 31.4 Å². The molecule has 0 saturated heterocycles. The Morgan fingerprint density at radius 1 is 1.19 bits per heavy atom. The molecule has 1 amide bonds. The Bertz CT molecular complexity index is 876. The second kappa shape index (κ2) is 10.5. The van der Waals surface area contributed by atoms with Gasteiger partial charge < -0.3 is 20.4 Å². The number of rotatable bonds is 7. The SMILES string of the molecule is CCNC(=NCc1nnc2ccccn12)NCC(=O)NCc1ccco1.I. The third kappa shape index (κ3) is 5.94. The molecule has 0 aliphatic carbocycles. The Balaban J connectivity index is 0.00000261. The van der Waals surface area contributed by atoms with Gasteiger partial charge in [-0.05, 0) is 31.2 Å². The fraction of sp³-hybridized carbons (Fsp3) is 0.294. The molecule has 3 heterocycles. The summed E-state index contributed by atoms with van der Waals surface area (Å²) in [5, 5.41) is 17.1. The molecule has 0 aliphatic heterocycles. The summed E-state index contributed by atoms with van der Waals surface area (Å²) in [6, 6.07) is 9.29. The predicted molar refractivity (Wildman–Crippen MR) is 112 cm³/mol. The van der Waals surface area contributed by atoms with Crippen LogP contribution in [0, 0.1) is 0 Å². The van der Waals surface area contributed by atoms with Gasteiger partial charge in [0.1, 0.15) is 12.3 Å². The lowest BCUT2D eigenvalue weighted by Gasteiger charge is -2.11.